The van der Waals surface area contributed by atoms with Crippen LogP contribution in [-0.2, 0) is 6.42 Å². The summed E-state index contributed by atoms with van der Waals surface area (Å²) in [7, 11) is 0. The molecule has 1 heterocycles. The van der Waals surface area contributed by atoms with E-state index in [9.17, 15) is 0 Å². The zero-order valence-electron chi connectivity index (χ0n) is 11.9. The number of hydrogen-bond donors (Lipinski definition) is 1. The first-order chi connectivity index (χ1) is 9.24. The van der Waals surface area contributed by atoms with Gasteiger partial charge in [0.25, 0.3) is 0 Å². The molecule has 1 aromatic rings. The molecule has 106 valence electrons. The van der Waals surface area contributed by atoms with E-state index in [-0.39, 0.29) is 0 Å². The van der Waals surface area contributed by atoms with Gasteiger partial charge in [-0.15, -0.1) is 0 Å². The first-order valence-electron chi connectivity index (χ1n) is 7.44. The monoisotopic (exact) mass is 280 g/mol. The van der Waals surface area contributed by atoms with Crippen LogP contribution < -0.4 is 5.32 Å². The number of rotatable bonds is 7. The van der Waals surface area contributed by atoms with Gasteiger partial charge in [0.2, 0.25) is 0 Å². The third-order valence-electron chi connectivity index (χ3n) is 3.80. The van der Waals surface area contributed by atoms with E-state index in [0.717, 1.165) is 18.0 Å². The maximum Gasteiger partial charge on any atom is 0.0406 e. The summed E-state index contributed by atoms with van der Waals surface area (Å²) in [6.45, 7) is 7.23. The number of halogens is 1. The van der Waals surface area contributed by atoms with Gasteiger partial charge in [-0.1, -0.05) is 23.7 Å². The standard InChI is InChI=1S/C16H25ClN2/c1-14(13-15-5-7-16(17)8-6-15)18-9-4-12-19-10-2-3-11-19/h5-8,14,18H,2-4,9-13H2,1H3. The fourth-order valence-electron chi connectivity index (χ4n) is 2.70. The fraction of sp³-hybridized carbons (Fsp3) is 0.625. The van der Waals surface area contributed by atoms with Crippen molar-refractivity contribution in [2.75, 3.05) is 26.2 Å². The van der Waals surface area contributed by atoms with E-state index in [1.807, 2.05) is 12.1 Å². The van der Waals surface area contributed by atoms with Crippen LogP contribution in [0.2, 0.25) is 5.02 Å². The maximum absolute atomic E-state index is 5.89. The van der Waals surface area contributed by atoms with Crippen LogP contribution in [0.4, 0.5) is 0 Å². The lowest BCUT2D eigenvalue weighted by Crippen LogP contribution is -2.31. The second-order valence-electron chi connectivity index (χ2n) is 5.59. The van der Waals surface area contributed by atoms with E-state index < -0.39 is 0 Å². The molecular formula is C16H25ClN2. The lowest BCUT2D eigenvalue weighted by atomic mass is 10.1. The topological polar surface area (TPSA) is 15.3 Å². The zero-order chi connectivity index (χ0) is 13.5. The molecule has 0 amide bonds. The molecule has 1 N–H and O–H groups in total. The van der Waals surface area contributed by atoms with Crippen molar-refractivity contribution in [3.63, 3.8) is 0 Å². The molecule has 0 saturated carbocycles. The Kier molecular flexibility index (Phi) is 6.15. The molecule has 1 aliphatic heterocycles. The van der Waals surface area contributed by atoms with E-state index >= 15 is 0 Å². The largest absolute Gasteiger partial charge is 0.314 e. The number of nitrogens with one attached hydrogen (secondary N) is 1. The summed E-state index contributed by atoms with van der Waals surface area (Å²) < 4.78 is 0. The Morgan fingerprint density at radius 2 is 1.89 bits per heavy atom. The van der Waals surface area contributed by atoms with Crippen molar-refractivity contribution in [2.24, 2.45) is 0 Å². The van der Waals surface area contributed by atoms with Crippen molar-refractivity contribution in [3.8, 4) is 0 Å². The Morgan fingerprint density at radius 3 is 2.58 bits per heavy atom. The predicted octanol–water partition coefficient (Wildman–Crippen LogP) is 3.35. The van der Waals surface area contributed by atoms with Gasteiger partial charge in [0.05, 0.1) is 0 Å². The first-order valence-corrected chi connectivity index (χ1v) is 7.82. The Hall–Kier alpha value is -0.570. The van der Waals surface area contributed by atoms with Gasteiger partial charge in [0, 0.05) is 11.1 Å². The Labute approximate surface area is 122 Å². The van der Waals surface area contributed by atoms with Crippen LogP contribution in [0.3, 0.4) is 0 Å². The zero-order valence-corrected chi connectivity index (χ0v) is 12.6. The van der Waals surface area contributed by atoms with Crippen LogP contribution >= 0.6 is 11.6 Å². The summed E-state index contributed by atoms with van der Waals surface area (Å²) in [5.41, 5.74) is 1.35. The van der Waals surface area contributed by atoms with Crippen LogP contribution in [0, 0.1) is 0 Å². The van der Waals surface area contributed by atoms with Crippen LogP contribution in [0.15, 0.2) is 24.3 Å². The number of likely N-dealkylation sites (tertiary alicyclic amines) is 1. The minimum atomic E-state index is 0.528. The SMILES string of the molecule is CC(Cc1ccc(Cl)cc1)NCCCN1CCCC1. The van der Waals surface area contributed by atoms with Crippen LogP contribution in [0.5, 0.6) is 0 Å². The highest BCUT2D eigenvalue weighted by Crippen LogP contribution is 2.11. The molecule has 0 aliphatic carbocycles. The molecule has 1 unspecified atom stereocenters. The third kappa shape index (κ3) is 5.52. The first kappa shape index (κ1) is 14.8. The third-order valence-corrected chi connectivity index (χ3v) is 4.05. The maximum atomic E-state index is 5.89. The Morgan fingerprint density at radius 1 is 1.21 bits per heavy atom. The molecule has 0 radical (unpaired) electrons. The highest BCUT2D eigenvalue weighted by atomic mass is 35.5. The molecule has 2 nitrogen and oxygen atoms in total. The minimum Gasteiger partial charge on any atom is -0.314 e. The summed E-state index contributed by atoms with van der Waals surface area (Å²) in [4.78, 5) is 2.57. The fourth-order valence-corrected chi connectivity index (χ4v) is 2.83. The molecule has 0 spiro atoms. The van der Waals surface area contributed by atoms with E-state index in [0.29, 0.717) is 6.04 Å². The summed E-state index contributed by atoms with van der Waals surface area (Å²) in [5.74, 6) is 0. The van der Waals surface area contributed by atoms with Gasteiger partial charge >= 0.3 is 0 Å². The summed E-state index contributed by atoms with van der Waals surface area (Å²) in [6.07, 6.45) is 5.10. The van der Waals surface area contributed by atoms with E-state index in [1.165, 1.54) is 44.5 Å². The average Bonchev–Trinajstić information content (AvgIpc) is 2.91. The van der Waals surface area contributed by atoms with Crippen molar-refractivity contribution in [2.45, 2.75) is 38.6 Å². The number of nitrogens with zero attached hydrogens (tertiary/aromatic N) is 1. The molecule has 1 aromatic carbocycles. The van der Waals surface area contributed by atoms with E-state index in [4.69, 9.17) is 11.6 Å². The van der Waals surface area contributed by atoms with Crippen molar-refractivity contribution >= 4 is 11.6 Å². The molecule has 0 aromatic heterocycles. The van der Waals surface area contributed by atoms with Crippen LogP contribution in [-0.4, -0.2) is 37.1 Å². The normalized spacial score (nSPS) is 17.8. The second-order valence-corrected chi connectivity index (χ2v) is 6.02. The van der Waals surface area contributed by atoms with Gasteiger partial charge < -0.3 is 10.2 Å². The molecular weight excluding hydrogens is 256 g/mol. The second kappa shape index (κ2) is 7.88. The molecule has 1 fully saturated rings. The average molecular weight is 281 g/mol. The quantitative estimate of drug-likeness (QED) is 0.771. The molecule has 3 heteroatoms. The highest BCUT2D eigenvalue weighted by Gasteiger charge is 2.10. The van der Waals surface area contributed by atoms with Gasteiger partial charge in [-0.3, -0.25) is 0 Å². The molecule has 1 atom stereocenters. The van der Waals surface area contributed by atoms with Gasteiger partial charge in [0.15, 0.2) is 0 Å². The van der Waals surface area contributed by atoms with Gasteiger partial charge in [0.1, 0.15) is 0 Å². The van der Waals surface area contributed by atoms with Crippen molar-refractivity contribution in [3.05, 3.63) is 34.9 Å². The molecule has 1 saturated heterocycles. The number of hydrogen-bond acceptors (Lipinski definition) is 2. The number of benzene rings is 1. The molecule has 0 bridgehead atoms. The molecule has 2 rings (SSSR count). The van der Waals surface area contributed by atoms with Crippen molar-refractivity contribution < 1.29 is 0 Å². The van der Waals surface area contributed by atoms with Crippen LogP contribution in [0.25, 0.3) is 0 Å². The van der Waals surface area contributed by atoms with Gasteiger partial charge in [-0.2, -0.15) is 0 Å². The summed E-state index contributed by atoms with van der Waals surface area (Å²) >= 11 is 5.89. The molecule has 19 heavy (non-hydrogen) atoms. The van der Waals surface area contributed by atoms with Crippen molar-refractivity contribution in [1.29, 1.82) is 0 Å². The lowest BCUT2D eigenvalue weighted by molar-refractivity contribution is 0.328. The van der Waals surface area contributed by atoms with Crippen LogP contribution in [0.1, 0.15) is 31.7 Å². The van der Waals surface area contributed by atoms with Gasteiger partial charge in [-0.05, 0) is 76.5 Å². The predicted molar refractivity (Wildman–Crippen MR) is 82.9 cm³/mol. The minimum absolute atomic E-state index is 0.528. The van der Waals surface area contributed by atoms with Gasteiger partial charge in [-0.25, -0.2) is 0 Å². The Bertz CT molecular complexity index is 358. The highest BCUT2D eigenvalue weighted by molar-refractivity contribution is 6.30. The van der Waals surface area contributed by atoms with E-state index in [2.05, 4.69) is 29.3 Å². The lowest BCUT2D eigenvalue weighted by Gasteiger charge is -2.17. The molecule has 1 aliphatic rings. The van der Waals surface area contributed by atoms with Crippen molar-refractivity contribution in [1.82, 2.24) is 10.2 Å². The summed E-state index contributed by atoms with van der Waals surface area (Å²) in [5, 5.41) is 4.42. The Balaban J connectivity index is 1.58. The summed E-state index contributed by atoms with van der Waals surface area (Å²) in [6, 6.07) is 8.70. The van der Waals surface area contributed by atoms with E-state index in [1.54, 1.807) is 0 Å². The smallest absolute Gasteiger partial charge is 0.0406 e.